The lowest BCUT2D eigenvalue weighted by Gasteiger charge is -2.01. The van der Waals surface area contributed by atoms with Crippen molar-refractivity contribution >= 4 is 12.4 Å². The Labute approximate surface area is 103 Å². The number of rotatable bonds is 7. The first kappa shape index (κ1) is 14.8. The zero-order valence-electron chi connectivity index (χ0n) is 9.26. The van der Waals surface area contributed by atoms with Crippen LogP contribution in [0.2, 0.25) is 0 Å². The van der Waals surface area contributed by atoms with Crippen LogP contribution in [0, 0.1) is 0 Å². The Morgan fingerprint density at radius 1 is 1.12 bits per heavy atom. The Hall–Kier alpha value is -1.25. The van der Waals surface area contributed by atoms with Crippen molar-refractivity contribution in [2.75, 3.05) is 19.7 Å². The molecule has 1 aromatic rings. The summed E-state index contributed by atoms with van der Waals surface area (Å²) in [4.78, 5) is 0. The maximum atomic E-state index is 5.48. The summed E-state index contributed by atoms with van der Waals surface area (Å²) < 4.78 is 5.48. The predicted molar refractivity (Wildman–Crippen MR) is 71.4 cm³/mol. The van der Waals surface area contributed by atoms with Crippen LogP contribution in [0.4, 0.5) is 0 Å². The maximum absolute atomic E-state index is 5.48. The number of para-hydroxylation sites is 1. The molecule has 0 amide bonds. The largest absolute Gasteiger partial charge is 0.490 e. The van der Waals surface area contributed by atoms with Crippen molar-refractivity contribution in [2.45, 2.75) is 0 Å². The fourth-order valence-corrected chi connectivity index (χ4v) is 1.08. The molecule has 0 radical (unpaired) electrons. The van der Waals surface area contributed by atoms with E-state index in [9.17, 15) is 0 Å². The molecule has 0 aliphatic carbocycles. The molecule has 0 saturated heterocycles. The minimum absolute atomic E-state index is 0. The molecule has 0 fully saturated rings. The van der Waals surface area contributed by atoms with E-state index in [1.54, 1.807) is 0 Å². The number of ether oxygens (including phenoxy) is 1. The number of nitrogens with one attached hydrogen (secondary N) is 1. The van der Waals surface area contributed by atoms with E-state index in [1.807, 2.05) is 48.6 Å². The zero-order valence-corrected chi connectivity index (χ0v) is 10.1. The highest BCUT2D eigenvalue weighted by Gasteiger charge is 1.86. The molecular weight excluding hydrogens is 222 g/mol. The van der Waals surface area contributed by atoms with Gasteiger partial charge in [-0.2, -0.15) is 0 Å². The number of halogens is 1. The van der Waals surface area contributed by atoms with Crippen LogP contribution < -0.4 is 10.1 Å². The van der Waals surface area contributed by atoms with E-state index in [1.165, 1.54) is 0 Å². The second-order valence-electron chi connectivity index (χ2n) is 3.04. The first-order chi connectivity index (χ1) is 7.43. The molecule has 0 spiro atoms. The zero-order chi connectivity index (χ0) is 10.8. The van der Waals surface area contributed by atoms with Gasteiger partial charge in [-0.25, -0.2) is 0 Å². The van der Waals surface area contributed by atoms with Gasteiger partial charge in [0.05, 0.1) is 0 Å². The average Bonchev–Trinajstić information content (AvgIpc) is 2.29. The summed E-state index contributed by atoms with van der Waals surface area (Å²) in [6.07, 6.45) is 5.89. The van der Waals surface area contributed by atoms with Crippen molar-refractivity contribution in [3.05, 3.63) is 55.1 Å². The molecule has 1 aromatic carbocycles. The summed E-state index contributed by atoms with van der Waals surface area (Å²) in [5.74, 6) is 0.904. The maximum Gasteiger partial charge on any atom is 0.119 e. The van der Waals surface area contributed by atoms with Crippen LogP contribution in [-0.4, -0.2) is 19.7 Å². The van der Waals surface area contributed by atoms with Crippen LogP contribution >= 0.6 is 12.4 Å². The van der Waals surface area contributed by atoms with Gasteiger partial charge in [-0.15, -0.1) is 19.0 Å². The molecule has 0 bridgehead atoms. The molecule has 88 valence electrons. The molecule has 0 heterocycles. The van der Waals surface area contributed by atoms with Gasteiger partial charge in [-0.1, -0.05) is 36.4 Å². The Morgan fingerprint density at radius 2 is 1.88 bits per heavy atom. The van der Waals surface area contributed by atoms with Crippen molar-refractivity contribution in [1.82, 2.24) is 5.32 Å². The lowest BCUT2D eigenvalue weighted by molar-refractivity contribution is 0.362. The molecule has 0 aliphatic heterocycles. The Bertz CT molecular complexity index is 298. The van der Waals surface area contributed by atoms with Gasteiger partial charge in [0.25, 0.3) is 0 Å². The van der Waals surface area contributed by atoms with Crippen LogP contribution in [0.5, 0.6) is 5.75 Å². The molecule has 1 rings (SSSR count). The van der Waals surface area contributed by atoms with Crippen molar-refractivity contribution in [1.29, 1.82) is 0 Å². The Balaban J connectivity index is 0.00000225. The van der Waals surface area contributed by atoms with Gasteiger partial charge in [0, 0.05) is 13.1 Å². The van der Waals surface area contributed by atoms with E-state index in [0.29, 0.717) is 6.61 Å². The number of hydrogen-bond acceptors (Lipinski definition) is 2. The van der Waals surface area contributed by atoms with Crippen molar-refractivity contribution in [2.24, 2.45) is 0 Å². The van der Waals surface area contributed by atoms with Crippen LogP contribution in [0.25, 0.3) is 0 Å². The highest BCUT2D eigenvalue weighted by molar-refractivity contribution is 5.85. The second kappa shape index (κ2) is 10.3. The van der Waals surface area contributed by atoms with Gasteiger partial charge in [-0.05, 0) is 12.1 Å². The van der Waals surface area contributed by atoms with E-state index >= 15 is 0 Å². The summed E-state index contributed by atoms with van der Waals surface area (Å²) in [6.45, 7) is 5.92. The third kappa shape index (κ3) is 7.10. The van der Waals surface area contributed by atoms with Gasteiger partial charge in [0.15, 0.2) is 0 Å². The van der Waals surface area contributed by atoms with Gasteiger partial charge < -0.3 is 10.1 Å². The fourth-order valence-electron chi connectivity index (χ4n) is 1.08. The van der Waals surface area contributed by atoms with E-state index in [4.69, 9.17) is 4.74 Å². The third-order valence-corrected chi connectivity index (χ3v) is 1.81. The Kier molecular flexibility index (Phi) is 9.47. The fraction of sp³-hybridized carbons (Fsp3) is 0.231. The summed E-state index contributed by atoms with van der Waals surface area (Å²) in [5, 5.41) is 3.17. The molecule has 0 aromatic heterocycles. The first-order valence-electron chi connectivity index (χ1n) is 5.08. The van der Waals surface area contributed by atoms with Gasteiger partial charge in [0.2, 0.25) is 0 Å². The van der Waals surface area contributed by atoms with Gasteiger partial charge in [-0.3, -0.25) is 0 Å². The average molecular weight is 240 g/mol. The molecular formula is C13H18ClNO. The molecule has 0 aliphatic rings. The van der Waals surface area contributed by atoms with E-state index in [0.717, 1.165) is 18.8 Å². The lowest BCUT2D eigenvalue weighted by atomic mass is 10.3. The van der Waals surface area contributed by atoms with E-state index < -0.39 is 0 Å². The molecule has 0 atom stereocenters. The topological polar surface area (TPSA) is 21.3 Å². The second-order valence-corrected chi connectivity index (χ2v) is 3.04. The molecule has 2 nitrogen and oxygen atoms in total. The predicted octanol–water partition coefficient (Wildman–Crippen LogP) is 2.82. The highest BCUT2D eigenvalue weighted by atomic mass is 35.5. The molecule has 1 N–H and O–H groups in total. The molecule has 16 heavy (non-hydrogen) atoms. The highest BCUT2D eigenvalue weighted by Crippen LogP contribution is 2.07. The van der Waals surface area contributed by atoms with Crippen molar-refractivity contribution in [3.8, 4) is 5.75 Å². The molecule has 3 heteroatoms. The summed E-state index contributed by atoms with van der Waals surface area (Å²) in [5.41, 5.74) is 0. The summed E-state index contributed by atoms with van der Waals surface area (Å²) in [6, 6.07) is 9.80. The normalized spacial score (nSPS) is 9.75. The van der Waals surface area contributed by atoms with Crippen LogP contribution in [0.3, 0.4) is 0 Å². The Morgan fingerprint density at radius 3 is 2.56 bits per heavy atom. The number of benzene rings is 1. The van der Waals surface area contributed by atoms with Crippen LogP contribution in [0.1, 0.15) is 0 Å². The van der Waals surface area contributed by atoms with Crippen molar-refractivity contribution < 1.29 is 4.74 Å². The molecule has 0 saturated carbocycles. The number of hydrogen-bond donors (Lipinski definition) is 1. The summed E-state index contributed by atoms with van der Waals surface area (Å²) in [7, 11) is 0. The first-order valence-corrected chi connectivity index (χ1v) is 5.08. The minimum atomic E-state index is 0. The SMILES string of the molecule is C=CCNC/C=C/COc1ccccc1.Cl. The quantitative estimate of drug-likeness (QED) is 0.584. The standard InChI is InChI=1S/C13H17NO.ClH/c1-2-10-14-11-6-7-12-15-13-8-4-3-5-9-13;/h2-9,14H,1,10-12H2;1H/b7-6+;. The van der Waals surface area contributed by atoms with Gasteiger partial charge in [0.1, 0.15) is 12.4 Å². The summed E-state index contributed by atoms with van der Waals surface area (Å²) >= 11 is 0. The van der Waals surface area contributed by atoms with E-state index in [-0.39, 0.29) is 12.4 Å². The monoisotopic (exact) mass is 239 g/mol. The minimum Gasteiger partial charge on any atom is -0.490 e. The smallest absolute Gasteiger partial charge is 0.119 e. The lowest BCUT2D eigenvalue weighted by Crippen LogP contribution is -2.12. The van der Waals surface area contributed by atoms with E-state index in [2.05, 4.69) is 11.9 Å². The van der Waals surface area contributed by atoms with Crippen LogP contribution in [-0.2, 0) is 0 Å². The molecule has 0 unspecified atom stereocenters. The van der Waals surface area contributed by atoms with Crippen LogP contribution in [0.15, 0.2) is 55.1 Å². The van der Waals surface area contributed by atoms with Crippen molar-refractivity contribution in [3.63, 3.8) is 0 Å². The van der Waals surface area contributed by atoms with Gasteiger partial charge >= 0.3 is 0 Å². The third-order valence-electron chi connectivity index (χ3n) is 1.81.